The Morgan fingerprint density at radius 1 is 0.559 bits per heavy atom. The Bertz CT molecular complexity index is 535. The van der Waals surface area contributed by atoms with Gasteiger partial charge in [0.1, 0.15) is 5.82 Å². The van der Waals surface area contributed by atoms with Crippen molar-refractivity contribution in [3.05, 3.63) is 18.2 Å². The van der Waals surface area contributed by atoms with Crippen molar-refractivity contribution in [1.29, 1.82) is 0 Å². The molecular formula is C32H62N2. The molecule has 1 aromatic rings. The molecule has 0 spiro atoms. The zero-order valence-electron chi connectivity index (χ0n) is 24.0. The van der Waals surface area contributed by atoms with Gasteiger partial charge in [-0.05, 0) is 26.2 Å². The Balaban J connectivity index is 2.36. The fourth-order valence-corrected chi connectivity index (χ4v) is 5.46. The van der Waals surface area contributed by atoms with Gasteiger partial charge in [0.2, 0.25) is 0 Å². The highest BCUT2D eigenvalue weighted by Crippen LogP contribution is 2.30. The van der Waals surface area contributed by atoms with E-state index in [1.54, 1.807) is 0 Å². The Morgan fingerprint density at radius 2 is 0.971 bits per heavy atom. The Kier molecular flexibility index (Phi) is 20.8. The summed E-state index contributed by atoms with van der Waals surface area (Å²) in [6.45, 7) is 9.31. The first-order valence-electron chi connectivity index (χ1n) is 15.8. The number of unbranched alkanes of at least 4 members (excludes halogenated alkanes) is 17. The van der Waals surface area contributed by atoms with E-state index in [1.165, 1.54) is 154 Å². The first-order chi connectivity index (χ1) is 16.7. The van der Waals surface area contributed by atoms with Crippen LogP contribution in [0.1, 0.15) is 193 Å². The third kappa shape index (κ3) is 15.3. The van der Waals surface area contributed by atoms with E-state index < -0.39 is 0 Å². The van der Waals surface area contributed by atoms with Crippen LogP contribution in [0.5, 0.6) is 0 Å². The maximum atomic E-state index is 4.91. The van der Waals surface area contributed by atoms with Crippen molar-refractivity contribution >= 4 is 0 Å². The van der Waals surface area contributed by atoms with Gasteiger partial charge in [0.15, 0.2) is 0 Å². The van der Waals surface area contributed by atoms with Crippen LogP contribution < -0.4 is 0 Å². The number of hydrogen-bond donors (Lipinski definition) is 0. The Hall–Kier alpha value is -0.790. The maximum absolute atomic E-state index is 4.91. The van der Waals surface area contributed by atoms with Crippen molar-refractivity contribution in [3.63, 3.8) is 0 Å². The minimum atomic E-state index is 0.589. The fraction of sp³-hybridized carbons (Fsp3) is 0.906. The summed E-state index contributed by atoms with van der Waals surface area (Å²) in [7, 11) is 0. The molecule has 0 saturated heterocycles. The quantitative estimate of drug-likeness (QED) is 0.129. The SMILES string of the molecule is CCCCCCCCCCCCCCC(CCCCCCCC)c1nccn1C(C)CCCC. The fourth-order valence-electron chi connectivity index (χ4n) is 5.46. The second kappa shape index (κ2) is 22.7. The average Bonchev–Trinajstić information content (AvgIpc) is 3.34. The lowest BCUT2D eigenvalue weighted by molar-refractivity contribution is 0.417. The van der Waals surface area contributed by atoms with E-state index in [4.69, 9.17) is 4.98 Å². The molecule has 1 aromatic heterocycles. The summed E-state index contributed by atoms with van der Waals surface area (Å²) in [6, 6.07) is 0.589. The Morgan fingerprint density at radius 3 is 1.41 bits per heavy atom. The first-order valence-corrected chi connectivity index (χ1v) is 15.8. The van der Waals surface area contributed by atoms with Crippen molar-refractivity contribution in [2.75, 3.05) is 0 Å². The lowest BCUT2D eigenvalue weighted by Crippen LogP contribution is -2.13. The molecule has 0 aliphatic rings. The molecule has 34 heavy (non-hydrogen) atoms. The highest BCUT2D eigenvalue weighted by atomic mass is 15.1. The molecule has 0 radical (unpaired) electrons. The molecule has 1 rings (SSSR count). The normalized spacial score (nSPS) is 13.4. The van der Waals surface area contributed by atoms with E-state index >= 15 is 0 Å². The van der Waals surface area contributed by atoms with E-state index in [9.17, 15) is 0 Å². The second-order valence-electron chi connectivity index (χ2n) is 11.1. The standard InChI is InChI=1S/C32H62N2/c1-5-8-11-13-15-16-17-18-19-20-22-24-27-31(26-23-21-14-12-9-6-2)32-33-28-29-34(32)30(4)25-10-7-3/h28-31H,5-27H2,1-4H3. The van der Waals surface area contributed by atoms with E-state index in [0.717, 1.165) is 0 Å². The number of hydrogen-bond acceptors (Lipinski definition) is 1. The van der Waals surface area contributed by atoms with Gasteiger partial charge < -0.3 is 4.57 Å². The summed E-state index contributed by atoms with van der Waals surface area (Å²) in [4.78, 5) is 4.91. The van der Waals surface area contributed by atoms with Crippen molar-refractivity contribution < 1.29 is 0 Å². The number of rotatable bonds is 25. The van der Waals surface area contributed by atoms with Crippen LogP contribution in [-0.2, 0) is 0 Å². The highest BCUT2D eigenvalue weighted by molar-refractivity contribution is 5.02. The monoisotopic (exact) mass is 474 g/mol. The predicted octanol–water partition coefficient (Wildman–Crippen LogP) is 11.6. The molecule has 0 fully saturated rings. The summed E-state index contributed by atoms with van der Waals surface area (Å²) in [5.41, 5.74) is 0. The minimum Gasteiger partial charge on any atom is -0.332 e. The third-order valence-electron chi connectivity index (χ3n) is 7.83. The number of aromatic nitrogens is 2. The van der Waals surface area contributed by atoms with Crippen LogP contribution in [0.15, 0.2) is 12.4 Å². The summed E-state index contributed by atoms with van der Waals surface area (Å²) < 4.78 is 2.53. The van der Waals surface area contributed by atoms with E-state index in [0.29, 0.717) is 12.0 Å². The second-order valence-corrected chi connectivity index (χ2v) is 11.1. The molecule has 2 heteroatoms. The smallest absolute Gasteiger partial charge is 0.111 e. The van der Waals surface area contributed by atoms with Crippen LogP contribution >= 0.6 is 0 Å². The van der Waals surface area contributed by atoms with Crippen molar-refractivity contribution in [2.24, 2.45) is 0 Å². The number of imidazole rings is 1. The van der Waals surface area contributed by atoms with Gasteiger partial charge in [-0.1, -0.05) is 149 Å². The third-order valence-corrected chi connectivity index (χ3v) is 7.83. The first kappa shape index (κ1) is 31.2. The molecule has 0 aliphatic heterocycles. The van der Waals surface area contributed by atoms with E-state index in [1.807, 2.05) is 0 Å². The lowest BCUT2D eigenvalue weighted by atomic mass is 9.93. The molecule has 0 aromatic carbocycles. The van der Waals surface area contributed by atoms with E-state index in [2.05, 4.69) is 44.7 Å². The molecule has 0 amide bonds. The highest BCUT2D eigenvalue weighted by Gasteiger charge is 2.19. The summed E-state index contributed by atoms with van der Waals surface area (Å²) in [6.07, 6.45) is 36.4. The van der Waals surface area contributed by atoms with Crippen molar-refractivity contribution in [3.8, 4) is 0 Å². The molecule has 0 bridgehead atoms. The topological polar surface area (TPSA) is 17.8 Å². The van der Waals surface area contributed by atoms with Crippen LogP contribution in [0.2, 0.25) is 0 Å². The molecule has 2 atom stereocenters. The van der Waals surface area contributed by atoms with Gasteiger partial charge in [-0.25, -0.2) is 4.98 Å². The van der Waals surface area contributed by atoms with Gasteiger partial charge in [0.05, 0.1) is 0 Å². The van der Waals surface area contributed by atoms with Crippen LogP contribution in [0.4, 0.5) is 0 Å². The molecule has 0 N–H and O–H groups in total. The van der Waals surface area contributed by atoms with Gasteiger partial charge in [0.25, 0.3) is 0 Å². The van der Waals surface area contributed by atoms with Gasteiger partial charge in [-0.15, -0.1) is 0 Å². The van der Waals surface area contributed by atoms with Gasteiger partial charge in [0, 0.05) is 24.4 Å². The van der Waals surface area contributed by atoms with Crippen molar-refractivity contribution in [1.82, 2.24) is 9.55 Å². The van der Waals surface area contributed by atoms with E-state index in [-0.39, 0.29) is 0 Å². The van der Waals surface area contributed by atoms with Gasteiger partial charge in [-0.2, -0.15) is 0 Å². The largest absolute Gasteiger partial charge is 0.332 e. The van der Waals surface area contributed by atoms with Gasteiger partial charge >= 0.3 is 0 Å². The molecule has 200 valence electrons. The summed E-state index contributed by atoms with van der Waals surface area (Å²) >= 11 is 0. The van der Waals surface area contributed by atoms with Crippen LogP contribution in [-0.4, -0.2) is 9.55 Å². The predicted molar refractivity (Wildman–Crippen MR) is 153 cm³/mol. The molecule has 2 nitrogen and oxygen atoms in total. The van der Waals surface area contributed by atoms with Crippen LogP contribution in [0, 0.1) is 0 Å². The van der Waals surface area contributed by atoms with Crippen LogP contribution in [0.25, 0.3) is 0 Å². The number of nitrogens with zero attached hydrogens (tertiary/aromatic N) is 2. The molecule has 2 unspecified atom stereocenters. The zero-order valence-corrected chi connectivity index (χ0v) is 24.0. The molecule has 0 saturated carbocycles. The molecular weight excluding hydrogens is 412 g/mol. The lowest BCUT2D eigenvalue weighted by Gasteiger charge is -2.22. The summed E-state index contributed by atoms with van der Waals surface area (Å²) in [5, 5.41) is 0. The minimum absolute atomic E-state index is 0.589. The molecule has 0 aliphatic carbocycles. The zero-order chi connectivity index (χ0) is 24.7. The molecule has 1 heterocycles. The van der Waals surface area contributed by atoms with Crippen molar-refractivity contribution in [2.45, 2.75) is 187 Å². The average molecular weight is 475 g/mol. The Labute approximate surface area is 215 Å². The van der Waals surface area contributed by atoms with Crippen LogP contribution in [0.3, 0.4) is 0 Å². The maximum Gasteiger partial charge on any atom is 0.111 e. The summed E-state index contributed by atoms with van der Waals surface area (Å²) in [5.74, 6) is 2.05. The van der Waals surface area contributed by atoms with Gasteiger partial charge in [-0.3, -0.25) is 0 Å².